The van der Waals surface area contributed by atoms with E-state index in [4.69, 9.17) is 23.2 Å². The number of anilines is 1. The van der Waals surface area contributed by atoms with Crippen molar-refractivity contribution in [3.05, 3.63) is 28.2 Å². The van der Waals surface area contributed by atoms with Gasteiger partial charge in [0, 0.05) is 5.69 Å². The average Bonchev–Trinajstić information content (AvgIpc) is 2.69. The Labute approximate surface area is 140 Å². The maximum absolute atomic E-state index is 13.6. The Morgan fingerprint density at radius 2 is 1.96 bits per heavy atom. The van der Waals surface area contributed by atoms with Gasteiger partial charge in [0.25, 0.3) is 5.91 Å². The summed E-state index contributed by atoms with van der Waals surface area (Å²) in [6.45, 7) is 0. The molecule has 1 aliphatic rings. The molecule has 1 aliphatic heterocycles. The summed E-state index contributed by atoms with van der Waals surface area (Å²) in [6.07, 6.45) is -5.45. The first-order valence-corrected chi connectivity index (χ1v) is 7.21. The number of benzene rings is 1. The highest BCUT2D eigenvalue weighted by molar-refractivity contribution is 8.16. The molecule has 0 unspecified atom stereocenters. The van der Waals surface area contributed by atoms with Gasteiger partial charge in [-0.05, 0) is 30.0 Å². The molecule has 1 fully saturated rings. The number of carbonyl (C=O) groups excluding carboxylic acids is 2. The summed E-state index contributed by atoms with van der Waals surface area (Å²) in [5.41, 5.74) is 0.158. The molecular weight excluding hydrogens is 385 g/mol. The highest BCUT2D eigenvalue weighted by atomic mass is 35.5. The summed E-state index contributed by atoms with van der Waals surface area (Å²) in [4.78, 5) is 25.9. The Balaban J connectivity index is 2.12. The van der Waals surface area contributed by atoms with E-state index < -0.39 is 40.0 Å². The summed E-state index contributed by atoms with van der Waals surface area (Å²) in [5, 5.41) is -0.909. The van der Waals surface area contributed by atoms with Gasteiger partial charge in [0.05, 0.1) is 10.0 Å². The number of hydrogen-bond donors (Lipinski definition) is 2. The van der Waals surface area contributed by atoms with E-state index in [1.807, 2.05) is 0 Å². The minimum atomic E-state index is -5.45. The van der Waals surface area contributed by atoms with Crippen molar-refractivity contribution in [2.45, 2.75) is 11.2 Å². The number of hydrogen-bond acceptors (Lipinski definition) is 3. The molecule has 0 saturated carbocycles. The molecule has 0 aliphatic carbocycles. The van der Waals surface area contributed by atoms with Crippen molar-refractivity contribution >= 4 is 57.8 Å². The molecule has 0 aromatic heterocycles. The molecule has 124 valence electrons. The average molecular weight is 390 g/mol. The minimum Gasteiger partial charge on any atom is -0.306 e. The number of amidine groups is 1. The van der Waals surface area contributed by atoms with Crippen LogP contribution in [0.25, 0.3) is 0 Å². The molecule has 2 N–H and O–H groups in total. The highest BCUT2D eigenvalue weighted by Crippen LogP contribution is 2.46. The predicted molar refractivity (Wildman–Crippen MR) is 78.5 cm³/mol. The summed E-state index contributed by atoms with van der Waals surface area (Å²) >= 11 is 10.9. The second-order valence-corrected chi connectivity index (χ2v) is 6.09. The zero-order valence-electron chi connectivity index (χ0n) is 10.7. The second-order valence-electron chi connectivity index (χ2n) is 4.13. The quantitative estimate of drug-likeness (QED) is 0.713. The number of amides is 3. The summed E-state index contributed by atoms with van der Waals surface area (Å²) < 4.78 is 51.1. The zero-order valence-corrected chi connectivity index (χ0v) is 13.0. The van der Waals surface area contributed by atoms with Gasteiger partial charge in [-0.25, -0.2) is 9.18 Å². The summed E-state index contributed by atoms with van der Waals surface area (Å²) in [7, 11) is 0. The van der Waals surface area contributed by atoms with Crippen molar-refractivity contribution in [1.82, 2.24) is 5.32 Å². The van der Waals surface area contributed by atoms with Crippen LogP contribution in [0.1, 0.15) is 0 Å². The third kappa shape index (κ3) is 3.70. The van der Waals surface area contributed by atoms with E-state index in [9.17, 15) is 27.2 Å². The number of rotatable bonds is 1. The minimum absolute atomic E-state index is 0.125. The first kappa shape index (κ1) is 17.8. The molecule has 1 aromatic rings. The van der Waals surface area contributed by atoms with Gasteiger partial charge in [0.2, 0.25) is 0 Å². The number of thioether (sulfide) groups is 1. The maximum atomic E-state index is 13.6. The maximum Gasteiger partial charge on any atom is 0.442 e. The first-order valence-electron chi connectivity index (χ1n) is 5.64. The molecule has 0 spiro atoms. The lowest BCUT2D eigenvalue weighted by Gasteiger charge is -2.17. The van der Waals surface area contributed by atoms with Crippen LogP contribution >= 0.6 is 35.0 Å². The van der Waals surface area contributed by atoms with Crippen LogP contribution in [0.2, 0.25) is 10.0 Å². The monoisotopic (exact) mass is 389 g/mol. The molecule has 12 heteroatoms. The normalized spacial score (nSPS) is 23.0. The van der Waals surface area contributed by atoms with Crippen molar-refractivity contribution in [3.8, 4) is 0 Å². The zero-order chi connectivity index (χ0) is 17.4. The fourth-order valence-electron chi connectivity index (χ4n) is 1.44. The molecule has 0 bridgehead atoms. The number of alkyl halides is 4. The van der Waals surface area contributed by atoms with Gasteiger partial charge in [-0.15, -0.1) is 0 Å². The summed E-state index contributed by atoms with van der Waals surface area (Å²) in [6, 6.07) is 2.88. The number of urea groups is 1. The Morgan fingerprint density at radius 1 is 1.30 bits per heavy atom. The van der Waals surface area contributed by atoms with E-state index in [0.717, 1.165) is 0 Å². The van der Waals surface area contributed by atoms with E-state index in [1.54, 1.807) is 5.32 Å². The molecule has 23 heavy (non-hydrogen) atoms. The molecule has 1 aromatic carbocycles. The fourth-order valence-corrected chi connectivity index (χ4v) is 2.53. The third-order valence-corrected chi connectivity index (χ3v) is 4.31. The Hall–Kier alpha value is -1.52. The van der Waals surface area contributed by atoms with Crippen LogP contribution < -0.4 is 10.6 Å². The number of halogens is 6. The van der Waals surface area contributed by atoms with Gasteiger partial charge in [0.1, 0.15) is 0 Å². The van der Waals surface area contributed by atoms with E-state index in [2.05, 4.69) is 10.3 Å². The van der Waals surface area contributed by atoms with Gasteiger partial charge >= 0.3 is 17.2 Å². The molecular formula is C11H5Cl2F4N3O2S. The number of nitrogens with one attached hydrogen (secondary N) is 2. The van der Waals surface area contributed by atoms with Crippen LogP contribution in [0.3, 0.4) is 0 Å². The smallest absolute Gasteiger partial charge is 0.306 e. The largest absolute Gasteiger partial charge is 0.442 e. The van der Waals surface area contributed by atoms with Crippen LogP contribution in [0, 0.1) is 0 Å². The number of nitrogens with zero attached hydrogens (tertiary/aromatic N) is 1. The van der Waals surface area contributed by atoms with Crippen LogP contribution in [0.5, 0.6) is 0 Å². The van der Waals surface area contributed by atoms with Crippen LogP contribution in [0.4, 0.5) is 28.0 Å². The lowest BCUT2D eigenvalue weighted by Crippen LogP contribution is -2.45. The molecule has 2 rings (SSSR count). The predicted octanol–water partition coefficient (Wildman–Crippen LogP) is 3.97. The molecule has 3 amide bonds. The van der Waals surface area contributed by atoms with Gasteiger partial charge in [-0.2, -0.15) is 18.2 Å². The van der Waals surface area contributed by atoms with Gasteiger partial charge < -0.3 is 10.6 Å². The SMILES string of the molecule is O=C(N=C1NC(=O)[C@@](F)(C(F)(F)F)S1)Nc1ccc(Cl)c(Cl)c1. The topological polar surface area (TPSA) is 70.6 Å². The summed E-state index contributed by atoms with van der Waals surface area (Å²) in [5.74, 6) is -1.95. The number of carbonyl (C=O) groups is 2. The Bertz CT molecular complexity index is 713. The first-order chi connectivity index (χ1) is 10.5. The van der Waals surface area contributed by atoms with Crippen LogP contribution in [-0.4, -0.2) is 28.3 Å². The molecule has 1 heterocycles. The molecule has 5 nitrogen and oxygen atoms in total. The fraction of sp³-hybridized carbons (Fsp3) is 0.182. The van der Waals surface area contributed by atoms with Gasteiger partial charge in [0.15, 0.2) is 5.17 Å². The van der Waals surface area contributed by atoms with Crippen molar-refractivity contribution in [2.24, 2.45) is 4.99 Å². The molecule has 1 atom stereocenters. The van der Waals surface area contributed by atoms with E-state index in [0.29, 0.717) is 0 Å². The van der Waals surface area contributed by atoms with E-state index in [1.165, 1.54) is 18.2 Å². The molecule has 1 saturated heterocycles. The second kappa shape index (κ2) is 6.17. The van der Waals surface area contributed by atoms with Crippen molar-refractivity contribution in [3.63, 3.8) is 0 Å². The molecule has 0 radical (unpaired) electrons. The van der Waals surface area contributed by atoms with Crippen molar-refractivity contribution < 1.29 is 27.2 Å². The van der Waals surface area contributed by atoms with Crippen molar-refractivity contribution in [1.29, 1.82) is 0 Å². The van der Waals surface area contributed by atoms with E-state index >= 15 is 0 Å². The Kier molecular flexibility index (Phi) is 4.79. The van der Waals surface area contributed by atoms with Gasteiger partial charge in [-0.1, -0.05) is 23.2 Å². The van der Waals surface area contributed by atoms with Crippen LogP contribution in [-0.2, 0) is 4.79 Å². The lowest BCUT2D eigenvalue weighted by molar-refractivity contribution is -0.195. The highest BCUT2D eigenvalue weighted by Gasteiger charge is 2.67. The van der Waals surface area contributed by atoms with Crippen molar-refractivity contribution in [2.75, 3.05) is 5.32 Å². The van der Waals surface area contributed by atoms with E-state index in [-0.39, 0.29) is 15.7 Å². The lowest BCUT2D eigenvalue weighted by atomic mass is 10.3. The third-order valence-electron chi connectivity index (χ3n) is 2.49. The van der Waals surface area contributed by atoms with Crippen LogP contribution in [0.15, 0.2) is 23.2 Å². The Morgan fingerprint density at radius 3 is 2.48 bits per heavy atom. The number of aliphatic imine (C=N–C) groups is 1. The standard InChI is InChI=1S/C11H5Cl2F4N3O2S/c12-5-2-1-4(3-6(5)13)18-8(22)20-9-19-7(21)10(14,23-9)11(15,16)17/h1-3H,(H2,18,19,20,21,22)/t10-/m0/s1. The van der Waals surface area contributed by atoms with Gasteiger partial charge in [-0.3, -0.25) is 4.79 Å².